The maximum Gasteiger partial charge on any atom is 0.269 e. The molecule has 1 aromatic heterocycles. The number of rotatable bonds is 7. The summed E-state index contributed by atoms with van der Waals surface area (Å²) < 4.78 is 0. The van der Waals surface area contributed by atoms with Crippen molar-refractivity contribution >= 4 is 17.5 Å². The van der Waals surface area contributed by atoms with E-state index in [-0.39, 0.29) is 12.5 Å². The van der Waals surface area contributed by atoms with Gasteiger partial charge in [-0.25, -0.2) is 4.98 Å². The zero-order chi connectivity index (χ0) is 15.1. The monoisotopic (exact) mass is 311 g/mol. The number of pyridine rings is 1. The summed E-state index contributed by atoms with van der Waals surface area (Å²) in [5, 5.41) is 12.4. The highest BCUT2D eigenvalue weighted by Crippen LogP contribution is 2.16. The first-order chi connectivity index (χ1) is 10.2. The summed E-state index contributed by atoms with van der Waals surface area (Å²) >= 11 is 5.76. The molecule has 1 aliphatic rings. The first-order valence-electron chi connectivity index (χ1n) is 7.46. The third-order valence-corrected chi connectivity index (χ3v) is 4.03. The van der Waals surface area contributed by atoms with E-state index in [0.29, 0.717) is 23.4 Å². The van der Waals surface area contributed by atoms with Crippen molar-refractivity contribution in [3.8, 4) is 0 Å². The Kier molecular flexibility index (Phi) is 6.42. The number of hydrogen-bond acceptors (Lipinski definition) is 4. The van der Waals surface area contributed by atoms with E-state index in [1.807, 2.05) is 0 Å². The molecule has 1 saturated heterocycles. The summed E-state index contributed by atoms with van der Waals surface area (Å²) in [6, 6.07) is 5.34. The molecule has 0 aromatic carbocycles. The summed E-state index contributed by atoms with van der Waals surface area (Å²) in [4.78, 5) is 18.1. The highest BCUT2D eigenvalue weighted by atomic mass is 35.5. The normalized spacial score (nSPS) is 18.9. The SMILES string of the molecule is O=C(NCCCCN1CCCC1CO)c1cccc(Cl)n1. The lowest BCUT2D eigenvalue weighted by molar-refractivity contribution is 0.0947. The van der Waals surface area contributed by atoms with Crippen molar-refractivity contribution in [2.24, 2.45) is 0 Å². The molecule has 1 aliphatic heterocycles. The Balaban J connectivity index is 1.62. The quantitative estimate of drug-likeness (QED) is 0.594. The predicted octanol–water partition coefficient (Wildman–Crippen LogP) is 1.70. The van der Waals surface area contributed by atoms with Crippen molar-refractivity contribution < 1.29 is 9.90 Å². The average Bonchev–Trinajstić information content (AvgIpc) is 2.94. The molecule has 0 spiro atoms. The number of aliphatic hydroxyl groups is 1. The van der Waals surface area contributed by atoms with Crippen LogP contribution in [0.1, 0.15) is 36.2 Å². The van der Waals surface area contributed by atoms with Gasteiger partial charge in [-0.2, -0.15) is 0 Å². The number of likely N-dealkylation sites (tertiary alicyclic amines) is 1. The average molecular weight is 312 g/mol. The molecule has 0 radical (unpaired) electrons. The number of nitrogens with one attached hydrogen (secondary N) is 1. The zero-order valence-corrected chi connectivity index (χ0v) is 12.9. The minimum Gasteiger partial charge on any atom is -0.395 e. The molecule has 1 fully saturated rings. The zero-order valence-electron chi connectivity index (χ0n) is 12.1. The van der Waals surface area contributed by atoms with Gasteiger partial charge in [-0.3, -0.25) is 9.69 Å². The van der Waals surface area contributed by atoms with Crippen LogP contribution in [0.15, 0.2) is 18.2 Å². The van der Waals surface area contributed by atoms with E-state index in [1.54, 1.807) is 18.2 Å². The third-order valence-electron chi connectivity index (χ3n) is 3.82. The summed E-state index contributed by atoms with van der Waals surface area (Å²) in [6.45, 7) is 2.93. The fourth-order valence-corrected chi connectivity index (χ4v) is 2.83. The Labute approximate surface area is 130 Å². The van der Waals surface area contributed by atoms with Crippen molar-refractivity contribution in [1.82, 2.24) is 15.2 Å². The Morgan fingerprint density at radius 2 is 2.33 bits per heavy atom. The molecule has 2 rings (SSSR count). The van der Waals surface area contributed by atoms with E-state index in [0.717, 1.165) is 32.4 Å². The highest BCUT2D eigenvalue weighted by Gasteiger charge is 2.22. The summed E-state index contributed by atoms with van der Waals surface area (Å²) in [7, 11) is 0. The van der Waals surface area contributed by atoms with Gasteiger partial charge in [0, 0.05) is 12.6 Å². The number of carbonyl (C=O) groups excluding carboxylic acids is 1. The lowest BCUT2D eigenvalue weighted by Gasteiger charge is -2.22. The van der Waals surface area contributed by atoms with Gasteiger partial charge in [-0.1, -0.05) is 17.7 Å². The van der Waals surface area contributed by atoms with E-state index in [1.165, 1.54) is 6.42 Å². The lowest BCUT2D eigenvalue weighted by atomic mass is 10.2. The number of aliphatic hydroxyl groups excluding tert-OH is 1. The van der Waals surface area contributed by atoms with Gasteiger partial charge in [0.05, 0.1) is 6.61 Å². The molecular formula is C15H22ClN3O2. The maximum absolute atomic E-state index is 11.8. The molecular weight excluding hydrogens is 290 g/mol. The van der Waals surface area contributed by atoms with Crippen LogP contribution in [0.3, 0.4) is 0 Å². The van der Waals surface area contributed by atoms with Crippen molar-refractivity contribution in [1.29, 1.82) is 0 Å². The van der Waals surface area contributed by atoms with Gasteiger partial charge in [-0.15, -0.1) is 0 Å². The second-order valence-corrected chi connectivity index (χ2v) is 5.71. The Morgan fingerprint density at radius 3 is 3.10 bits per heavy atom. The second kappa shape index (κ2) is 8.32. The lowest BCUT2D eigenvalue weighted by Crippen LogP contribution is -2.33. The van der Waals surface area contributed by atoms with Crippen LogP contribution in [-0.4, -0.2) is 53.2 Å². The van der Waals surface area contributed by atoms with Gasteiger partial charge >= 0.3 is 0 Å². The van der Waals surface area contributed by atoms with Crippen LogP contribution in [0.2, 0.25) is 5.15 Å². The summed E-state index contributed by atoms with van der Waals surface area (Å²) in [5.41, 5.74) is 0.349. The second-order valence-electron chi connectivity index (χ2n) is 5.32. The molecule has 5 nitrogen and oxygen atoms in total. The number of aromatic nitrogens is 1. The molecule has 1 atom stereocenters. The van der Waals surface area contributed by atoms with E-state index >= 15 is 0 Å². The number of carbonyl (C=O) groups is 1. The van der Waals surface area contributed by atoms with Crippen molar-refractivity contribution in [2.45, 2.75) is 31.7 Å². The van der Waals surface area contributed by atoms with Crippen LogP contribution in [0.5, 0.6) is 0 Å². The molecule has 0 aliphatic carbocycles. The summed E-state index contributed by atoms with van der Waals surface area (Å²) in [5.74, 6) is -0.188. The van der Waals surface area contributed by atoms with Crippen LogP contribution >= 0.6 is 11.6 Å². The van der Waals surface area contributed by atoms with Crippen molar-refractivity contribution in [3.63, 3.8) is 0 Å². The van der Waals surface area contributed by atoms with Gasteiger partial charge in [-0.05, 0) is 50.9 Å². The van der Waals surface area contributed by atoms with E-state index in [9.17, 15) is 9.90 Å². The number of amides is 1. The van der Waals surface area contributed by atoms with Crippen LogP contribution in [0.25, 0.3) is 0 Å². The van der Waals surface area contributed by atoms with Crippen molar-refractivity contribution in [3.05, 3.63) is 29.0 Å². The topological polar surface area (TPSA) is 65.5 Å². The molecule has 116 valence electrons. The first kappa shape index (κ1) is 16.2. The smallest absolute Gasteiger partial charge is 0.269 e. The van der Waals surface area contributed by atoms with Gasteiger partial charge in [0.15, 0.2) is 0 Å². The van der Waals surface area contributed by atoms with E-state index in [4.69, 9.17) is 11.6 Å². The molecule has 0 bridgehead atoms. The van der Waals surface area contributed by atoms with Gasteiger partial charge in [0.25, 0.3) is 5.91 Å². The molecule has 1 unspecified atom stereocenters. The molecule has 1 aromatic rings. The van der Waals surface area contributed by atoms with Crippen LogP contribution in [0, 0.1) is 0 Å². The first-order valence-corrected chi connectivity index (χ1v) is 7.84. The number of nitrogens with zero attached hydrogens (tertiary/aromatic N) is 2. The third kappa shape index (κ3) is 4.95. The standard InChI is InChI=1S/C15H22ClN3O2/c16-14-7-3-6-13(18-14)15(21)17-8-1-2-9-19-10-4-5-12(19)11-20/h3,6-7,12,20H,1-2,4-5,8-11H2,(H,17,21). The summed E-state index contributed by atoms with van der Waals surface area (Å²) in [6.07, 6.45) is 4.19. The number of halogens is 1. The predicted molar refractivity (Wildman–Crippen MR) is 82.5 cm³/mol. The minimum atomic E-state index is -0.188. The Hall–Kier alpha value is -1.17. The number of hydrogen-bond donors (Lipinski definition) is 2. The Morgan fingerprint density at radius 1 is 1.48 bits per heavy atom. The molecule has 6 heteroatoms. The number of unbranched alkanes of at least 4 members (excludes halogenated alkanes) is 1. The Bertz CT molecular complexity index is 470. The minimum absolute atomic E-state index is 0.188. The van der Waals surface area contributed by atoms with Crippen molar-refractivity contribution in [2.75, 3.05) is 26.2 Å². The van der Waals surface area contributed by atoms with Crippen LogP contribution < -0.4 is 5.32 Å². The highest BCUT2D eigenvalue weighted by molar-refractivity contribution is 6.29. The van der Waals surface area contributed by atoms with Gasteiger partial charge in [0.1, 0.15) is 10.8 Å². The van der Waals surface area contributed by atoms with Crippen LogP contribution in [-0.2, 0) is 0 Å². The molecule has 21 heavy (non-hydrogen) atoms. The fraction of sp³-hybridized carbons (Fsp3) is 0.600. The van der Waals surface area contributed by atoms with E-state index < -0.39 is 0 Å². The van der Waals surface area contributed by atoms with E-state index in [2.05, 4.69) is 15.2 Å². The van der Waals surface area contributed by atoms with Gasteiger partial charge in [0.2, 0.25) is 0 Å². The fourth-order valence-electron chi connectivity index (χ4n) is 2.66. The molecule has 0 saturated carbocycles. The molecule has 2 heterocycles. The molecule has 2 N–H and O–H groups in total. The van der Waals surface area contributed by atoms with Gasteiger partial charge < -0.3 is 10.4 Å². The maximum atomic E-state index is 11.8. The largest absolute Gasteiger partial charge is 0.395 e. The molecule has 1 amide bonds. The van der Waals surface area contributed by atoms with Crippen LogP contribution in [0.4, 0.5) is 0 Å².